The highest BCUT2D eigenvalue weighted by Gasteiger charge is 2.18. The number of hydrogen-bond donors (Lipinski definition) is 2. The molecule has 3 N–H and O–H groups in total. The van der Waals surface area contributed by atoms with Crippen LogP contribution < -0.4 is 10.5 Å². The highest BCUT2D eigenvalue weighted by molar-refractivity contribution is 5.75. The molecule has 0 radical (unpaired) electrons. The van der Waals surface area contributed by atoms with Crippen LogP contribution in [0.4, 0.5) is 10.2 Å². The first-order valence-corrected chi connectivity index (χ1v) is 5.00. The molecule has 2 heterocycles. The summed E-state index contributed by atoms with van der Waals surface area (Å²) < 4.78 is 19.1. The van der Waals surface area contributed by atoms with Crippen molar-refractivity contribution < 1.29 is 9.13 Å². The summed E-state index contributed by atoms with van der Waals surface area (Å²) in [6, 6.07) is 3.18. The molecule has 0 saturated carbocycles. The summed E-state index contributed by atoms with van der Waals surface area (Å²) in [4.78, 5) is 0. The maximum atomic E-state index is 13.8. The number of ether oxygens (including phenoxy) is 1. The van der Waals surface area contributed by atoms with Crippen molar-refractivity contribution in [3.8, 4) is 16.9 Å². The highest BCUT2D eigenvalue weighted by atomic mass is 19.1. The first kappa shape index (κ1) is 9.21. The van der Waals surface area contributed by atoms with E-state index >= 15 is 0 Å². The second-order valence-electron chi connectivity index (χ2n) is 3.74. The minimum absolute atomic E-state index is 0.339. The van der Waals surface area contributed by atoms with Gasteiger partial charge in [-0.2, -0.15) is 5.10 Å². The molecule has 1 aromatic carbocycles. The Morgan fingerprint density at radius 2 is 2.25 bits per heavy atom. The van der Waals surface area contributed by atoms with E-state index in [2.05, 4.69) is 10.2 Å². The third-order valence-corrected chi connectivity index (χ3v) is 2.74. The van der Waals surface area contributed by atoms with Crippen molar-refractivity contribution in [2.24, 2.45) is 0 Å². The van der Waals surface area contributed by atoms with E-state index in [-0.39, 0.29) is 5.82 Å². The number of rotatable bonds is 1. The monoisotopic (exact) mass is 219 g/mol. The molecule has 0 atom stereocenters. The highest BCUT2D eigenvalue weighted by Crippen LogP contribution is 2.34. The molecule has 0 unspecified atom stereocenters. The van der Waals surface area contributed by atoms with E-state index in [1.807, 2.05) is 0 Å². The van der Waals surface area contributed by atoms with Crippen molar-refractivity contribution in [2.45, 2.75) is 6.42 Å². The number of nitrogens with one attached hydrogen (secondary N) is 1. The molecule has 1 aromatic heterocycles. The van der Waals surface area contributed by atoms with Crippen LogP contribution in [0.1, 0.15) is 5.56 Å². The smallest absolute Gasteiger partial charge is 0.134 e. The third-order valence-electron chi connectivity index (χ3n) is 2.74. The van der Waals surface area contributed by atoms with Crippen molar-refractivity contribution in [2.75, 3.05) is 12.3 Å². The van der Waals surface area contributed by atoms with Crippen molar-refractivity contribution in [3.05, 3.63) is 29.7 Å². The molecule has 0 amide bonds. The lowest BCUT2D eigenvalue weighted by Crippen LogP contribution is -1.91. The average molecular weight is 219 g/mol. The van der Waals surface area contributed by atoms with Gasteiger partial charge in [-0.1, -0.05) is 0 Å². The summed E-state index contributed by atoms with van der Waals surface area (Å²) in [7, 11) is 0. The van der Waals surface area contributed by atoms with E-state index < -0.39 is 0 Å². The van der Waals surface area contributed by atoms with Crippen LogP contribution in [-0.2, 0) is 6.42 Å². The van der Waals surface area contributed by atoms with Crippen molar-refractivity contribution in [3.63, 3.8) is 0 Å². The fourth-order valence-electron chi connectivity index (χ4n) is 1.92. The average Bonchev–Trinajstić information content (AvgIpc) is 2.85. The molecule has 0 aliphatic carbocycles. The molecule has 0 spiro atoms. The van der Waals surface area contributed by atoms with Gasteiger partial charge in [0.05, 0.1) is 12.8 Å². The number of fused-ring (bicyclic) bond motifs is 1. The van der Waals surface area contributed by atoms with Gasteiger partial charge in [0, 0.05) is 23.6 Å². The molecule has 0 saturated heterocycles. The van der Waals surface area contributed by atoms with Gasteiger partial charge >= 0.3 is 0 Å². The summed E-state index contributed by atoms with van der Waals surface area (Å²) in [5, 5.41) is 6.38. The predicted molar refractivity (Wildman–Crippen MR) is 57.6 cm³/mol. The lowest BCUT2D eigenvalue weighted by atomic mass is 10.0. The number of halogens is 1. The first-order valence-electron chi connectivity index (χ1n) is 5.00. The summed E-state index contributed by atoms with van der Waals surface area (Å²) in [5.41, 5.74) is 7.74. The number of hydrogen-bond acceptors (Lipinski definition) is 3. The number of aromatic amines is 1. The number of nitrogens with two attached hydrogens (primary N) is 1. The van der Waals surface area contributed by atoms with Crippen molar-refractivity contribution in [1.82, 2.24) is 10.2 Å². The molecule has 16 heavy (non-hydrogen) atoms. The van der Waals surface area contributed by atoms with E-state index in [9.17, 15) is 4.39 Å². The van der Waals surface area contributed by atoms with Gasteiger partial charge in [-0.05, 0) is 11.6 Å². The zero-order chi connectivity index (χ0) is 11.1. The van der Waals surface area contributed by atoms with E-state index in [0.29, 0.717) is 29.3 Å². The first-order chi connectivity index (χ1) is 7.75. The minimum Gasteiger partial charge on any atom is -0.493 e. The molecule has 1 aliphatic rings. The van der Waals surface area contributed by atoms with Crippen molar-refractivity contribution >= 4 is 5.82 Å². The second kappa shape index (κ2) is 3.23. The van der Waals surface area contributed by atoms with E-state index in [1.54, 1.807) is 6.07 Å². The van der Waals surface area contributed by atoms with E-state index in [1.165, 1.54) is 12.3 Å². The molecule has 1 aliphatic heterocycles. The third kappa shape index (κ3) is 1.25. The van der Waals surface area contributed by atoms with Crippen LogP contribution in [-0.4, -0.2) is 16.8 Å². The molecule has 5 heteroatoms. The summed E-state index contributed by atoms with van der Waals surface area (Å²) in [6.07, 6.45) is 2.33. The quantitative estimate of drug-likeness (QED) is 0.767. The number of aromatic nitrogens is 2. The standard InChI is InChI=1S/C11H10FN3O/c12-9-4-10-6(1-2-16-10)3-7(9)8-5-14-15-11(8)13/h3-5H,1-2H2,(H3,13,14,15). The van der Waals surface area contributed by atoms with E-state index in [0.717, 1.165) is 12.0 Å². The van der Waals surface area contributed by atoms with Gasteiger partial charge in [0.15, 0.2) is 0 Å². The maximum Gasteiger partial charge on any atom is 0.134 e. The number of nitrogen functional groups attached to an aromatic ring is 1. The number of benzene rings is 1. The Kier molecular flexibility index (Phi) is 1.86. The van der Waals surface area contributed by atoms with Gasteiger partial charge in [0.25, 0.3) is 0 Å². The maximum absolute atomic E-state index is 13.8. The zero-order valence-electron chi connectivity index (χ0n) is 8.46. The number of anilines is 1. The fraction of sp³-hybridized carbons (Fsp3) is 0.182. The van der Waals surface area contributed by atoms with Crippen LogP contribution in [0.15, 0.2) is 18.3 Å². The number of H-pyrrole nitrogens is 1. The molecular weight excluding hydrogens is 209 g/mol. The Bertz CT molecular complexity index is 550. The minimum atomic E-state index is -0.339. The topological polar surface area (TPSA) is 63.9 Å². The SMILES string of the molecule is Nc1[nH]ncc1-c1cc2c(cc1F)OCC2. The Morgan fingerprint density at radius 3 is 3.00 bits per heavy atom. The van der Waals surface area contributed by atoms with E-state index in [4.69, 9.17) is 10.5 Å². The molecule has 2 aromatic rings. The Morgan fingerprint density at radius 1 is 1.38 bits per heavy atom. The number of nitrogens with zero attached hydrogens (tertiary/aromatic N) is 1. The Labute approximate surface area is 91.2 Å². The summed E-state index contributed by atoms with van der Waals surface area (Å²) in [6.45, 7) is 0.610. The normalized spacial score (nSPS) is 13.6. The van der Waals surface area contributed by atoms with Crippen LogP contribution in [0.2, 0.25) is 0 Å². The van der Waals surface area contributed by atoms with Gasteiger partial charge in [0.2, 0.25) is 0 Å². The van der Waals surface area contributed by atoms with Crippen LogP contribution in [0.25, 0.3) is 11.1 Å². The largest absolute Gasteiger partial charge is 0.493 e. The zero-order valence-corrected chi connectivity index (χ0v) is 8.46. The van der Waals surface area contributed by atoms with Crippen LogP contribution in [0, 0.1) is 5.82 Å². The van der Waals surface area contributed by atoms with Gasteiger partial charge in [0.1, 0.15) is 17.4 Å². The molecule has 0 fully saturated rings. The molecule has 0 bridgehead atoms. The lowest BCUT2D eigenvalue weighted by Gasteiger charge is -2.05. The van der Waals surface area contributed by atoms with Gasteiger partial charge < -0.3 is 10.5 Å². The van der Waals surface area contributed by atoms with Crippen LogP contribution >= 0.6 is 0 Å². The Hall–Kier alpha value is -2.04. The van der Waals surface area contributed by atoms with Gasteiger partial charge in [-0.3, -0.25) is 5.10 Å². The molecule has 3 rings (SSSR count). The van der Waals surface area contributed by atoms with Crippen LogP contribution in [0.3, 0.4) is 0 Å². The van der Waals surface area contributed by atoms with Gasteiger partial charge in [-0.15, -0.1) is 0 Å². The Balaban J connectivity index is 2.18. The molecular formula is C11H10FN3O. The summed E-state index contributed by atoms with van der Waals surface area (Å²) >= 11 is 0. The summed E-state index contributed by atoms with van der Waals surface area (Å²) in [5.74, 6) is 0.662. The fourth-order valence-corrected chi connectivity index (χ4v) is 1.92. The van der Waals surface area contributed by atoms with Crippen molar-refractivity contribution in [1.29, 1.82) is 0 Å². The van der Waals surface area contributed by atoms with Gasteiger partial charge in [-0.25, -0.2) is 4.39 Å². The lowest BCUT2D eigenvalue weighted by molar-refractivity contribution is 0.355. The predicted octanol–water partition coefficient (Wildman–Crippen LogP) is 1.73. The second-order valence-corrected chi connectivity index (χ2v) is 3.74. The molecule has 82 valence electrons. The molecule has 4 nitrogen and oxygen atoms in total. The van der Waals surface area contributed by atoms with Crippen LogP contribution in [0.5, 0.6) is 5.75 Å².